The molecule has 2 heterocycles. The number of nitrogens with two attached hydrogens (primary N) is 1. The number of amides is 2. The van der Waals surface area contributed by atoms with E-state index in [1.165, 1.54) is 12.1 Å². The summed E-state index contributed by atoms with van der Waals surface area (Å²) in [6.07, 6.45) is 0.951. The molecule has 0 saturated carbocycles. The molecule has 194 valence electrons. The van der Waals surface area contributed by atoms with Crippen LogP contribution >= 0.6 is 15.9 Å². The smallest absolute Gasteiger partial charge is 0.317 e. The van der Waals surface area contributed by atoms with E-state index >= 15 is 0 Å². The van der Waals surface area contributed by atoms with Crippen LogP contribution in [0.5, 0.6) is 0 Å². The van der Waals surface area contributed by atoms with Crippen molar-refractivity contribution < 1.29 is 23.0 Å². The van der Waals surface area contributed by atoms with Gasteiger partial charge in [0, 0.05) is 33.4 Å². The van der Waals surface area contributed by atoms with Gasteiger partial charge in [0.15, 0.2) is 5.82 Å². The third-order valence-electron chi connectivity index (χ3n) is 5.66. The Balaban J connectivity index is 0.000000202. The number of nitrogens with zero attached hydrogens (tertiary/aromatic N) is 3. The predicted octanol–water partition coefficient (Wildman–Crippen LogP) is 4.67. The van der Waals surface area contributed by atoms with Crippen molar-refractivity contribution in [1.82, 2.24) is 14.7 Å². The van der Waals surface area contributed by atoms with Crippen LogP contribution in [0.4, 0.5) is 19.4 Å². The lowest BCUT2D eigenvalue weighted by Gasteiger charge is -2.15. The van der Waals surface area contributed by atoms with Gasteiger partial charge < -0.3 is 20.1 Å². The van der Waals surface area contributed by atoms with Crippen LogP contribution in [0, 0.1) is 11.6 Å². The van der Waals surface area contributed by atoms with Crippen molar-refractivity contribution in [2.45, 2.75) is 18.9 Å². The zero-order valence-corrected chi connectivity index (χ0v) is 21.8. The van der Waals surface area contributed by atoms with Gasteiger partial charge in [-0.3, -0.25) is 5.32 Å². The first-order valence-electron chi connectivity index (χ1n) is 11.4. The Kier molecular flexibility index (Phi) is 10.4. The molecule has 1 aliphatic heterocycles. The zero-order chi connectivity index (χ0) is 26.1. The largest absolute Gasteiger partial charge is 0.383 e. The maximum Gasteiger partial charge on any atom is 0.317 e. The Labute approximate surface area is 217 Å². The third-order valence-corrected chi connectivity index (χ3v) is 6.49. The first-order valence-corrected chi connectivity index (χ1v) is 12.2. The van der Waals surface area contributed by atoms with Crippen LogP contribution in [-0.2, 0) is 16.1 Å². The van der Waals surface area contributed by atoms with Crippen LogP contribution < -0.4 is 11.1 Å². The number of urea groups is 1. The number of carbonyl (C=O) groups is 1. The van der Waals surface area contributed by atoms with E-state index in [-0.39, 0.29) is 5.92 Å². The second-order valence-electron chi connectivity index (χ2n) is 8.26. The Morgan fingerprint density at radius 1 is 1.17 bits per heavy atom. The number of carbonyl (C=O) groups excluding carboxylic acids is 1. The minimum atomic E-state index is -0.651. The van der Waals surface area contributed by atoms with Gasteiger partial charge in [-0.2, -0.15) is 5.10 Å². The molecule has 1 atom stereocenters. The van der Waals surface area contributed by atoms with Crippen molar-refractivity contribution in [2.75, 3.05) is 45.8 Å². The Bertz CT molecular complexity index is 1130. The van der Waals surface area contributed by atoms with E-state index in [2.05, 4.69) is 31.2 Å². The van der Waals surface area contributed by atoms with Gasteiger partial charge in [0.2, 0.25) is 0 Å². The van der Waals surface area contributed by atoms with Crippen molar-refractivity contribution in [2.24, 2.45) is 5.73 Å². The topological polar surface area (TPSA) is 94.6 Å². The summed E-state index contributed by atoms with van der Waals surface area (Å²) in [7, 11) is 3.25. The van der Waals surface area contributed by atoms with Gasteiger partial charge in [-0.1, -0.05) is 18.2 Å². The quantitative estimate of drug-likeness (QED) is 0.414. The van der Waals surface area contributed by atoms with Crippen LogP contribution in [0.15, 0.2) is 53.0 Å². The lowest BCUT2D eigenvalue weighted by Crippen LogP contribution is -2.24. The summed E-state index contributed by atoms with van der Waals surface area (Å²) in [5, 5.41) is 6.95. The summed E-state index contributed by atoms with van der Waals surface area (Å²) < 4.78 is 38.6. The average Bonchev–Trinajstić information content (AvgIpc) is 3.44. The first-order chi connectivity index (χ1) is 17.3. The third kappa shape index (κ3) is 7.57. The number of halogens is 3. The van der Waals surface area contributed by atoms with Crippen LogP contribution in [0.3, 0.4) is 0 Å². The van der Waals surface area contributed by atoms with Crippen molar-refractivity contribution >= 4 is 27.8 Å². The summed E-state index contributed by atoms with van der Waals surface area (Å²) in [4.78, 5) is 13.4. The second kappa shape index (κ2) is 13.4. The highest BCUT2D eigenvalue weighted by Gasteiger charge is 2.24. The molecule has 2 amide bonds. The van der Waals surface area contributed by atoms with E-state index < -0.39 is 17.7 Å². The maximum absolute atomic E-state index is 13.1. The highest BCUT2D eigenvalue weighted by Crippen LogP contribution is 2.30. The number of rotatable bonds is 8. The summed E-state index contributed by atoms with van der Waals surface area (Å²) in [5.74, 6) is -0.270. The van der Waals surface area contributed by atoms with Crippen LogP contribution in [0.25, 0.3) is 5.69 Å². The van der Waals surface area contributed by atoms with E-state index in [1.54, 1.807) is 18.9 Å². The van der Waals surface area contributed by atoms with E-state index in [9.17, 15) is 13.6 Å². The predicted molar refractivity (Wildman–Crippen MR) is 137 cm³/mol. The lowest BCUT2D eigenvalue weighted by molar-refractivity contribution is 0.160. The average molecular weight is 566 g/mol. The molecule has 3 N–H and O–H groups in total. The molecule has 0 aliphatic carbocycles. The Hall–Kier alpha value is -2.86. The molecule has 0 spiro atoms. The Morgan fingerprint density at radius 2 is 1.86 bits per heavy atom. The molecule has 1 aliphatic rings. The number of nitrogens with one attached hydrogen (secondary N) is 1. The molecule has 8 nitrogen and oxygen atoms in total. The number of anilines is 1. The fraction of sp³-hybridized carbons (Fsp3) is 0.360. The highest BCUT2D eigenvalue weighted by atomic mass is 79.9. The molecule has 11 heteroatoms. The van der Waals surface area contributed by atoms with Gasteiger partial charge in [0.25, 0.3) is 0 Å². The number of para-hydroxylation sites is 1. The van der Waals surface area contributed by atoms with E-state index in [0.717, 1.165) is 43.4 Å². The monoisotopic (exact) mass is 565 g/mol. The van der Waals surface area contributed by atoms with Gasteiger partial charge in [-0.15, -0.1) is 0 Å². The van der Waals surface area contributed by atoms with Gasteiger partial charge in [0.05, 0.1) is 23.4 Å². The number of likely N-dealkylation sites (tertiary alicyclic amines) is 1. The van der Waals surface area contributed by atoms with Gasteiger partial charge in [-0.25, -0.2) is 18.3 Å². The molecular formula is C25H30BrF2N5O3. The summed E-state index contributed by atoms with van der Waals surface area (Å²) in [5.41, 5.74) is 7.44. The van der Waals surface area contributed by atoms with Crippen molar-refractivity contribution in [3.63, 3.8) is 0 Å². The second-order valence-corrected chi connectivity index (χ2v) is 9.05. The molecular weight excluding hydrogens is 536 g/mol. The Morgan fingerprint density at radius 3 is 2.47 bits per heavy atom. The van der Waals surface area contributed by atoms with E-state index in [1.807, 2.05) is 30.3 Å². The number of ether oxygens (including phenoxy) is 2. The summed E-state index contributed by atoms with van der Waals surface area (Å²) in [6, 6.07) is 12.6. The van der Waals surface area contributed by atoms with E-state index in [0.29, 0.717) is 29.2 Å². The number of benzene rings is 2. The van der Waals surface area contributed by atoms with Crippen molar-refractivity contribution in [3.05, 3.63) is 75.9 Å². The number of aromatic nitrogens is 2. The lowest BCUT2D eigenvalue weighted by atomic mass is 9.98. The van der Waals surface area contributed by atoms with Crippen LogP contribution in [0.1, 0.15) is 23.6 Å². The molecule has 36 heavy (non-hydrogen) atoms. The highest BCUT2D eigenvalue weighted by molar-refractivity contribution is 9.10. The molecule has 4 rings (SSSR count). The fourth-order valence-electron chi connectivity index (χ4n) is 3.99. The number of hydrogen-bond acceptors (Lipinski definition) is 5. The van der Waals surface area contributed by atoms with Gasteiger partial charge >= 0.3 is 6.03 Å². The molecule has 1 saturated heterocycles. The van der Waals surface area contributed by atoms with E-state index in [4.69, 9.17) is 15.2 Å². The molecule has 1 unspecified atom stereocenters. The minimum absolute atomic E-state index is 0.233. The molecule has 0 bridgehead atoms. The van der Waals surface area contributed by atoms with Crippen LogP contribution in [0.2, 0.25) is 0 Å². The first kappa shape index (κ1) is 27.7. The summed E-state index contributed by atoms with van der Waals surface area (Å²) in [6.45, 7) is 3.72. The number of methoxy groups -OCH3 is 2. The van der Waals surface area contributed by atoms with Gasteiger partial charge in [0.1, 0.15) is 17.3 Å². The van der Waals surface area contributed by atoms with Gasteiger partial charge in [-0.05, 0) is 64.6 Å². The maximum atomic E-state index is 13.1. The zero-order valence-electron chi connectivity index (χ0n) is 20.2. The van der Waals surface area contributed by atoms with Crippen LogP contribution in [-0.4, -0.2) is 61.2 Å². The summed E-state index contributed by atoms with van der Waals surface area (Å²) >= 11 is 3.40. The SMILES string of the molecule is COCCN1CCC(c2cc(F)cc(F)c2)C1.COCc1nn(-c2ccccc2)c(NC(N)=O)c1Br. The normalized spacial score (nSPS) is 15.4. The number of hydrogen-bond donors (Lipinski definition) is 2. The standard InChI is InChI=1S/C13H17F2NO.C12H13BrN4O2/c1-17-5-4-16-3-2-10(9-16)11-6-12(14)8-13(15)7-11;1-19-7-9-10(13)11(15-12(14)18)17(16-9)8-5-3-2-4-6-8/h6-8,10H,2-5,9H2,1H3;2-6H,7H2,1H3,(H3,14,15,18). The minimum Gasteiger partial charge on any atom is -0.383 e. The van der Waals surface area contributed by atoms with Crippen molar-refractivity contribution in [3.8, 4) is 5.69 Å². The molecule has 2 aromatic carbocycles. The molecule has 1 aromatic heterocycles. The molecule has 0 radical (unpaired) electrons. The number of primary amides is 1. The molecule has 1 fully saturated rings. The molecule has 3 aromatic rings. The van der Waals surface area contributed by atoms with Crippen molar-refractivity contribution in [1.29, 1.82) is 0 Å². The fourth-order valence-corrected chi connectivity index (χ4v) is 4.45.